The van der Waals surface area contributed by atoms with Crippen molar-refractivity contribution in [3.05, 3.63) is 29.3 Å². The number of carbonyl (C=O) groups excluding carboxylic acids is 1. The monoisotopic (exact) mass is 320 g/mol. The third kappa shape index (κ3) is 2.55. The van der Waals surface area contributed by atoms with Gasteiger partial charge in [0, 0.05) is 18.2 Å². The predicted molar refractivity (Wildman–Crippen MR) is 91.7 cm³/mol. The Morgan fingerprint density at radius 3 is 2.86 bits per heavy atom. The van der Waals surface area contributed by atoms with Crippen LogP contribution in [0.3, 0.4) is 0 Å². The Balaban J connectivity index is 0.00000144. The molecular formula is C18H25ClN2O. The quantitative estimate of drug-likeness (QED) is 0.862. The van der Waals surface area contributed by atoms with Crippen molar-refractivity contribution in [1.82, 2.24) is 5.32 Å². The molecule has 4 rings (SSSR count). The van der Waals surface area contributed by atoms with E-state index in [1.54, 1.807) is 0 Å². The predicted octanol–water partition coefficient (Wildman–Crippen LogP) is 3.09. The van der Waals surface area contributed by atoms with E-state index in [0.29, 0.717) is 11.3 Å². The van der Waals surface area contributed by atoms with E-state index in [0.717, 1.165) is 38.9 Å². The number of nitrogens with zero attached hydrogens (tertiary/aromatic N) is 1. The molecule has 3 aliphatic rings. The summed E-state index contributed by atoms with van der Waals surface area (Å²) in [5, 5.41) is 3.42. The zero-order valence-corrected chi connectivity index (χ0v) is 14.0. The molecule has 2 aliphatic heterocycles. The summed E-state index contributed by atoms with van der Waals surface area (Å²) in [5.41, 5.74) is 4.12. The molecule has 0 aromatic heterocycles. The van der Waals surface area contributed by atoms with E-state index in [9.17, 15) is 4.79 Å². The summed E-state index contributed by atoms with van der Waals surface area (Å²) in [6, 6.07) is 6.57. The number of halogens is 1. The molecule has 1 saturated heterocycles. The number of hydrogen-bond acceptors (Lipinski definition) is 2. The summed E-state index contributed by atoms with van der Waals surface area (Å²) >= 11 is 0. The molecule has 1 aromatic carbocycles. The van der Waals surface area contributed by atoms with E-state index in [2.05, 4.69) is 35.3 Å². The largest absolute Gasteiger partial charge is 0.317 e. The smallest absolute Gasteiger partial charge is 0.230 e. The van der Waals surface area contributed by atoms with Gasteiger partial charge in [0.05, 0.1) is 0 Å². The van der Waals surface area contributed by atoms with Crippen LogP contribution in [0, 0.1) is 18.3 Å². The summed E-state index contributed by atoms with van der Waals surface area (Å²) in [7, 11) is 0. The summed E-state index contributed by atoms with van der Waals surface area (Å²) < 4.78 is 0. The molecule has 0 radical (unpaired) electrons. The van der Waals surface area contributed by atoms with Crippen LogP contribution in [0.15, 0.2) is 18.2 Å². The topological polar surface area (TPSA) is 32.3 Å². The molecule has 1 amide bonds. The van der Waals surface area contributed by atoms with E-state index in [1.807, 2.05) is 0 Å². The second-order valence-corrected chi connectivity index (χ2v) is 7.09. The molecule has 1 spiro atoms. The lowest BCUT2D eigenvalue weighted by atomic mass is 9.91. The van der Waals surface area contributed by atoms with Gasteiger partial charge in [-0.05, 0) is 74.7 Å². The third-order valence-electron chi connectivity index (χ3n) is 5.71. The van der Waals surface area contributed by atoms with Crippen LogP contribution >= 0.6 is 12.4 Å². The number of piperidine rings is 1. The molecule has 22 heavy (non-hydrogen) atoms. The Morgan fingerprint density at radius 1 is 1.32 bits per heavy atom. The molecule has 1 unspecified atom stereocenters. The van der Waals surface area contributed by atoms with Crippen LogP contribution in [0.2, 0.25) is 0 Å². The molecule has 1 aliphatic carbocycles. The van der Waals surface area contributed by atoms with E-state index < -0.39 is 0 Å². The zero-order chi connectivity index (χ0) is 14.4. The average molecular weight is 321 g/mol. The van der Waals surface area contributed by atoms with Gasteiger partial charge in [-0.1, -0.05) is 12.1 Å². The number of anilines is 1. The average Bonchev–Trinajstić information content (AvgIpc) is 3.20. The maximum atomic E-state index is 13.0. The van der Waals surface area contributed by atoms with Gasteiger partial charge in [-0.25, -0.2) is 0 Å². The maximum absolute atomic E-state index is 13.0. The van der Waals surface area contributed by atoms with E-state index in [-0.39, 0.29) is 18.3 Å². The first-order valence-electron chi connectivity index (χ1n) is 8.31. The first-order valence-corrected chi connectivity index (χ1v) is 8.31. The molecule has 2 fully saturated rings. The van der Waals surface area contributed by atoms with Gasteiger partial charge in [-0.15, -0.1) is 12.4 Å². The fourth-order valence-corrected chi connectivity index (χ4v) is 4.28. The van der Waals surface area contributed by atoms with Crippen molar-refractivity contribution in [3.63, 3.8) is 0 Å². The van der Waals surface area contributed by atoms with Gasteiger partial charge < -0.3 is 10.2 Å². The molecule has 4 heteroatoms. The van der Waals surface area contributed by atoms with Crippen molar-refractivity contribution in [2.75, 3.05) is 24.5 Å². The zero-order valence-electron chi connectivity index (χ0n) is 13.2. The summed E-state index contributed by atoms with van der Waals surface area (Å²) in [4.78, 5) is 15.1. The first-order chi connectivity index (χ1) is 10.2. The highest BCUT2D eigenvalue weighted by molar-refractivity contribution is 5.98. The Labute approximate surface area is 138 Å². The SMILES string of the molecule is Cc1ccc2c(c1)N(C(=O)C1CC13CCNCC3)CCC2.Cl. The Morgan fingerprint density at radius 2 is 2.09 bits per heavy atom. The lowest BCUT2D eigenvalue weighted by Gasteiger charge is -2.31. The molecule has 1 N–H and O–H groups in total. The van der Waals surface area contributed by atoms with Crippen molar-refractivity contribution in [3.8, 4) is 0 Å². The van der Waals surface area contributed by atoms with Crippen molar-refractivity contribution in [2.24, 2.45) is 11.3 Å². The first kappa shape index (κ1) is 15.8. The lowest BCUT2D eigenvalue weighted by molar-refractivity contribution is -0.120. The minimum atomic E-state index is 0. The van der Waals surface area contributed by atoms with Crippen LogP contribution < -0.4 is 10.2 Å². The standard InChI is InChI=1S/C18H24N2O.ClH/c1-13-4-5-14-3-2-10-20(16(14)11-13)17(21)15-12-18(15)6-8-19-9-7-18;/h4-5,11,15,19H,2-3,6-10,12H2,1H3;1H. The van der Waals surface area contributed by atoms with Crippen LogP contribution in [-0.2, 0) is 11.2 Å². The molecule has 2 heterocycles. The number of rotatable bonds is 1. The van der Waals surface area contributed by atoms with Crippen molar-refractivity contribution in [2.45, 2.75) is 39.0 Å². The second kappa shape index (κ2) is 5.86. The fraction of sp³-hybridized carbons (Fsp3) is 0.611. The highest BCUT2D eigenvalue weighted by Crippen LogP contribution is 2.59. The molecular weight excluding hydrogens is 296 g/mol. The molecule has 0 bridgehead atoms. The fourth-order valence-electron chi connectivity index (χ4n) is 4.28. The summed E-state index contributed by atoms with van der Waals surface area (Å²) in [6.45, 7) is 5.18. The number of amides is 1. The highest BCUT2D eigenvalue weighted by atomic mass is 35.5. The summed E-state index contributed by atoms with van der Waals surface area (Å²) in [5.74, 6) is 0.675. The van der Waals surface area contributed by atoms with Crippen molar-refractivity contribution in [1.29, 1.82) is 0 Å². The molecule has 120 valence electrons. The van der Waals surface area contributed by atoms with Crippen molar-refractivity contribution < 1.29 is 4.79 Å². The Hall–Kier alpha value is -1.06. The molecule has 1 atom stereocenters. The second-order valence-electron chi connectivity index (χ2n) is 7.09. The van der Waals surface area contributed by atoms with Crippen LogP contribution in [0.1, 0.15) is 36.8 Å². The van der Waals surface area contributed by atoms with Gasteiger partial charge in [0.25, 0.3) is 0 Å². The van der Waals surface area contributed by atoms with Gasteiger partial charge in [0.1, 0.15) is 0 Å². The Bertz CT molecular complexity index is 580. The number of hydrogen-bond donors (Lipinski definition) is 1. The minimum absolute atomic E-state index is 0. The molecule has 3 nitrogen and oxygen atoms in total. The maximum Gasteiger partial charge on any atom is 0.230 e. The number of aryl methyl sites for hydroxylation is 2. The lowest BCUT2D eigenvalue weighted by Crippen LogP contribution is -2.39. The number of benzene rings is 1. The van der Waals surface area contributed by atoms with Gasteiger partial charge in [0.2, 0.25) is 5.91 Å². The van der Waals surface area contributed by atoms with Gasteiger partial charge in [-0.3, -0.25) is 4.79 Å². The molecule has 1 aromatic rings. The normalized spacial score (nSPS) is 25.3. The van der Waals surface area contributed by atoms with Crippen molar-refractivity contribution >= 4 is 24.0 Å². The van der Waals surface area contributed by atoms with Gasteiger partial charge >= 0.3 is 0 Å². The minimum Gasteiger partial charge on any atom is -0.317 e. The van der Waals surface area contributed by atoms with E-state index >= 15 is 0 Å². The number of nitrogens with one attached hydrogen (secondary N) is 1. The Kier molecular flexibility index (Phi) is 4.21. The summed E-state index contributed by atoms with van der Waals surface area (Å²) in [6.07, 6.45) is 5.68. The van der Waals surface area contributed by atoms with Crippen LogP contribution in [-0.4, -0.2) is 25.5 Å². The van der Waals surface area contributed by atoms with Gasteiger partial charge in [-0.2, -0.15) is 0 Å². The number of carbonyl (C=O) groups is 1. The highest BCUT2D eigenvalue weighted by Gasteiger charge is 2.58. The molecule has 1 saturated carbocycles. The van der Waals surface area contributed by atoms with Crippen LogP contribution in [0.5, 0.6) is 0 Å². The third-order valence-corrected chi connectivity index (χ3v) is 5.71. The van der Waals surface area contributed by atoms with Crippen LogP contribution in [0.25, 0.3) is 0 Å². The van der Waals surface area contributed by atoms with E-state index in [4.69, 9.17) is 0 Å². The van der Waals surface area contributed by atoms with Crippen LogP contribution in [0.4, 0.5) is 5.69 Å². The van der Waals surface area contributed by atoms with E-state index in [1.165, 1.54) is 29.7 Å². The van der Waals surface area contributed by atoms with Gasteiger partial charge in [0.15, 0.2) is 0 Å². The number of fused-ring (bicyclic) bond motifs is 1.